The monoisotopic (exact) mass is 228 g/mol. The maximum absolute atomic E-state index is 8.68. The number of alkyl halides is 1. The number of rotatable bonds is 3. The van der Waals surface area contributed by atoms with Crippen LogP contribution in [0.5, 0.6) is 0 Å². The van der Waals surface area contributed by atoms with Crippen LogP contribution in [0.15, 0.2) is 24.3 Å². The first-order chi connectivity index (χ1) is 5.72. The van der Waals surface area contributed by atoms with Crippen LogP contribution < -0.4 is 0 Å². The van der Waals surface area contributed by atoms with Gasteiger partial charge in [0.15, 0.2) is 0 Å². The van der Waals surface area contributed by atoms with E-state index >= 15 is 0 Å². The standard InChI is InChI=1S/C8H10BBrO2/c10-6-8-3-1-7(2-4-8)5-9(11)12/h1-4,11-12H,5-6H2. The van der Waals surface area contributed by atoms with Crippen molar-refractivity contribution in [2.75, 3.05) is 0 Å². The highest BCUT2D eigenvalue weighted by Crippen LogP contribution is 2.08. The molecule has 0 fully saturated rings. The van der Waals surface area contributed by atoms with Gasteiger partial charge in [0.2, 0.25) is 0 Å². The first-order valence-corrected chi connectivity index (χ1v) is 4.84. The first kappa shape index (κ1) is 9.77. The van der Waals surface area contributed by atoms with E-state index in [4.69, 9.17) is 10.0 Å². The molecular weight excluding hydrogens is 219 g/mol. The van der Waals surface area contributed by atoms with Gasteiger partial charge < -0.3 is 10.0 Å². The molecule has 4 heteroatoms. The predicted octanol–water partition coefficient (Wildman–Crippen LogP) is 1.14. The molecule has 1 rings (SSSR count). The van der Waals surface area contributed by atoms with E-state index in [2.05, 4.69) is 15.9 Å². The molecule has 0 aromatic heterocycles. The fourth-order valence-corrected chi connectivity index (χ4v) is 1.35. The van der Waals surface area contributed by atoms with Crippen molar-refractivity contribution in [2.24, 2.45) is 0 Å². The predicted molar refractivity (Wildman–Crippen MR) is 53.0 cm³/mol. The van der Waals surface area contributed by atoms with Gasteiger partial charge in [0.05, 0.1) is 0 Å². The summed E-state index contributed by atoms with van der Waals surface area (Å²) < 4.78 is 0. The molecule has 0 spiro atoms. The zero-order chi connectivity index (χ0) is 8.97. The first-order valence-electron chi connectivity index (χ1n) is 3.72. The van der Waals surface area contributed by atoms with Crippen LogP contribution in [-0.4, -0.2) is 17.2 Å². The zero-order valence-electron chi connectivity index (χ0n) is 6.57. The molecular formula is C8H10BBrO2. The molecule has 1 aromatic rings. The van der Waals surface area contributed by atoms with Crippen molar-refractivity contribution in [1.82, 2.24) is 0 Å². The Morgan fingerprint density at radius 3 is 2.00 bits per heavy atom. The van der Waals surface area contributed by atoms with Gasteiger partial charge in [-0.2, -0.15) is 0 Å². The Morgan fingerprint density at radius 1 is 1.08 bits per heavy atom. The topological polar surface area (TPSA) is 40.5 Å². The quantitative estimate of drug-likeness (QED) is 0.602. The normalized spacial score (nSPS) is 9.92. The van der Waals surface area contributed by atoms with Gasteiger partial charge in [0.25, 0.3) is 0 Å². The van der Waals surface area contributed by atoms with Crippen molar-refractivity contribution < 1.29 is 10.0 Å². The fraction of sp³-hybridized carbons (Fsp3) is 0.250. The lowest BCUT2D eigenvalue weighted by Crippen LogP contribution is -2.14. The van der Waals surface area contributed by atoms with Gasteiger partial charge >= 0.3 is 7.12 Å². The number of hydrogen-bond donors (Lipinski definition) is 2. The molecule has 0 bridgehead atoms. The van der Waals surface area contributed by atoms with Gasteiger partial charge in [0, 0.05) is 11.7 Å². The Bertz CT molecular complexity index is 235. The van der Waals surface area contributed by atoms with Crippen molar-refractivity contribution in [3.63, 3.8) is 0 Å². The third-order valence-electron chi connectivity index (χ3n) is 1.60. The summed E-state index contributed by atoms with van der Waals surface area (Å²) in [5, 5.41) is 18.2. The number of benzene rings is 1. The second-order valence-electron chi connectivity index (χ2n) is 2.63. The molecule has 0 atom stereocenters. The molecule has 0 amide bonds. The summed E-state index contributed by atoms with van der Waals surface area (Å²) in [4.78, 5) is 0. The van der Waals surface area contributed by atoms with Crippen molar-refractivity contribution >= 4 is 23.0 Å². The molecule has 2 nitrogen and oxygen atoms in total. The van der Waals surface area contributed by atoms with Crippen LogP contribution >= 0.6 is 15.9 Å². The maximum atomic E-state index is 8.68. The molecule has 0 saturated heterocycles. The van der Waals surface area contributed by atoms with Gasteiger partial charge in [-0.3, -0.25) is 0 Å². The lowest BCUT2D eigenvalue weighted by molar-refractivity contribution is 0.405. The van der Waals surface area contributed by atoms with E-state index in [1.165, 1.54) is 5.56 Å². The van der Waals surface area contributed by atoms with Crippen LogP contribution in [0, 0.1) is 0 Å². The molecule has 0 radical (unpaired) electrons. The second-order valence-corrected chi connectivity index (χ2v) is 3.20. The summed E-state index contributed by atoms with van der Waals surface area (Å²) in [5.41, 5.74) is 2.13. The zero-order valence-corrected chi connectivity index (χ0v) is 8.16. The van der Waals surface area contributed by atoms with Gasteiger partial charge in [-0.05, 0) is 5.56 Å². The van der Waals surface area contributed by atoms with Crippen molar-refractivity contribution in [2.45, 2.75) is 11.7 Å². The fourth-order valence-electron chi connectivity index (χ4n) is 0.975. The molecule has 64 valence electrons. The van der Waals surface area contributed by atoms with Crippen molar-refractivity contribution in [1.29, 1.82) is 0 Å². The van der Waals surface area contributed by atoms with Crippen LogP contribution in [0.4, 0.5) is 0 Å². The van der Waals surface area contributed by atoms with Crippen LogP contribution in [0.25, 0.3) is 0 Å². The Kier molecular flexibility index (Phi) is 3.78. The summed E-state index contributed by atoms with van der Waals surface area (Å²) in [6, 6.07) is 7.73. The molecule has 2 N–H and O–H groups in total. The minimum Gasteiger partial charge on any atom is -0.427 e. The highest BCUT2D eigenvalue weighted by atomic mass is 79.9. The van der Waals surface area contributed by atoms with Gasteiger partial charge in [-0.15, -0.1) is 0 Å². The SMILES string of the molecule is OB(O)Cc1ccc(CBr)cc1. The largest absolute Gasteiger partial charge is 0.456 e. The van der Waals surface area contributed by atoms with E-state index in [1.807, 2.05) is 24.3 Å². The lowest BCUT2D eigenvalue weighted by atomic mass is 9.82. The highest BCUT2D eigenvalue weighted by Gasteiger charge is 2.06. The van der Waals surface area contributed by atoms with Gasteiger partial charge in [-0.1, -0.05) is 45.8 Å². The molecule has 0 aliphatic rings. The van der Waals surface area contributed by atoms with Crippen LogP contribution in [0.2, 0.25) is 0 Å². The van der Waals surface area contributed by atoms with Gasteiger partial charge in [-0.25, -0.2) is 0 Å². The van der Waals surface area contributed by atoms with Gasteiger partial charge in [0.1, 0.15) is 0 Å². The van der Waals surface area contributed by atoms with Crippen LogP contribution in [0.1, 0.15) is 11.1 Å². The molecule has 0 aliphatic carbocycles. The second kappa shape index (κ2) is 4.65. The molecule has 0 heterocycles. The smallest absolute Gasteiger partial charge is 0.427 e. The number of hydrogen-bond acceptors (Lipinski definition) is 2. The Balaban J connectivity index is 2.65. The van der Waals surface area contributed by atoms with E-state index in [0.717, 1.165) is 10.9 Å². The van der Waals surface area contributed by atoms with E-state index in [0.29, 0.717) is 6.32 Å². The Morgan fingerprint density at radius 2 is 1.58 bits per heavy atom. The van der Waals surface area contributed by atoms with Crippen LogP contribution in [-0.2, 0) is 11.7 Å². The molecule has 0 saturated carbocycles. The van der Waals surface area contributed by atoms with E-state index in [1.54, 1.807) is 0 Å². The Hall–Kier alpha value is -0.315. The van der Waals surface area contributed by atoms with Crippen molar-refractivity contribution in [3.8, 4) is 0 Å². The number of halogens is 1. The van der Waals surface area contributed by atoms with E-state index in [9.17, 15) is 0 Å². The average Bonchev–Trinajstić information content (AvgIpc) is 2.05. The molecule has 0 unspecified atom stereocenters. The van der Waals surface area contributed by atoms with Crippen LogP contribution in [0.3, 0.4) is 0 Å². The molecule has 12 heavy (non-hydrogen) atoms. The minimum atomic E-state index is -1.25. The summed E-state index contributed by atoms with van der Waals surface area (Å²) in [5.74, 6) is 0. The summed E-state index contributed by atoms with van der Waals surface area (Å²) in [6.07, 6.45) is 0.294. The van der Waals surface area contributed by atoms with Crippen molar-refractivity contribution in [3.05, 3.63) is 35.4 Å². The van der Waals surface area contributed by atoms with E-state index in [-0.39, 0.29) is 0 Å². The molecule has 1 aromatic carbocycles. The third kappa shape index (κ3) is 2.97. The summed E-state index contributed by atoms with van der Waals surface area (Å²) in [6.45, 7) is 0. The highest BCUT2D eigenvalue weighted by molar-refractivity contribution is 9.08. The minimum absolute atomic E-state index is 0.294. The summed E-state index contributed by atoms with van der Waals surface area (Å²) in [7, 11) is -1.25. The third-order valence-corrected chi connectivity index (χ3v) is 2.24. The van der Waals surface area contributed by atoms with E-state index < -0.39 is 7.12 Å². The lowest BCUT2D eigenvalue weighted by Gasteiger charge is -2.00. The average molecular weight is 229 g/mol. The molecule has 0 aliphatic heterocycles. The summed E-state index contributed by atoms with van der Waals surface area (Å²) >= 11 is 3.33. The maximum Gasteiger partial charge on any atom is 0.456 e. The Labute approximate surface area is 80.5 Å².